The number of thioether (sulfide) groups is 1. The van der Waals surface area contributed by atoms with Crippen molar-refractivity contribution in [2.45, 2.75) is 44.9 Å². The van der Waals surface area contributed by atoms with Gasteiger partial charge in [-0.2, -0.15) is 11.8 Å². The Balaban J connectivity index is 1.53. The van der Waals surface area contributed by atoms with Crippen LogP contribution >= 0.6 is 11.8 Å². The highest BCUT2D eigenvalue weighted by Gasteiger charge is 2.22. The minimum atomic E-state index is -0.202. The third-order valence-electron chi connectivity index (χ3n) is 5.15. The number of rotatable bonds is 7. The van der Waals surface area contributed by atoms with Crippen LogP contribution in [0.5, 0.6) is 0 Å². The predicted molar refractivity (Wildman–Crippen MR) is 127 cm³/mol. The molecule has 1 aliphatic heterocycles. The molecule has 8 heteroatoms. The number of benzene rings is 1. The van der Waals surface area contributed by atoms with Crippen molar-refractivity contribution in [3.8, 4) is 0 Å². The van der Waals surface area contributed by atoms with Crippen LogP contribution in [-0.4, -0.2) is 49.5 Å². The lowest BCUT2D eigenvalue weighted by Crippen LogP contribution is -2.45. The summed E-state index contributed by atoms with van der Waals surface area (Å²) in [5, 5.41) is 6.63. The van der Waals surface area contributed by atoms with Gasteiger partial charge in [0, 0.05) is 45.2 Å². The van der Waals surface area contributed by atoms with E-state index in [4.69, 9.17) is 4.74 Å². The Labute approximate surface area is 188 Å². The predicted octanol–water partition coefficient (Wildman–Crippen LogP) is 3.56. The Kier molecular flexibility index (Phi) is 8.54. The largest absolute Gasteiger partial charge is 0.372 e. The van der Waals surface area contributed by atoms with E-state index in [0.29, 0.717) is 19.0 Å². The fraction of sp³-hybridized carbons (Fsp3) is 0.478. The molecule has 31 heavy (non-hydrogen) atoms. The first-order valence-corrected chi connectivity index (χ1v) is 11.9. The van der Waals surface area contributed by atoms with Crippen LogP contribution in [0, 0.1) is 5.82 Å². The van der Waals surface area contributed by atoms with Gasteiger partial charge in [-0.25, -0.2) is 9.37 Å². The van der Waals surface area contributed by atoms with Gasteiger partial charge >= 0.3 is 0 Å². The first-order chi connectivity index (χ1) is 15.0. The second-order valence-electron chi connectivity index (χ2n) is 7.81. The van der Waals surface area contributed by atoms with Crippen molar-refractivity contribution in [2.75, 3.05) is 31.3 Å². The van der Waals surface area contributed by atoms with Crippen molar-refractivity contribution in [2.24, 2.45) is 4.99 Å². The summed E-state index contributed by atoms with van der Waals surface area (Å²) in [5.74, 6) is 2.25. The summed E-state index contributed by atoms with van der Waals surface area (Å²) in [6, 6.07) is 9.08. The minimum Gasteiger partial charge on any atom is -0.372 e. The van der Waals surface area contributed by atoms with Crippen molar-refractivity contribution >= 4 is 23.5 Å². The number of morpholine rings is 1. The first-order valence-electron chi connectivity index (χ1n) is 10.5. The van der Waals surface area contributed by atoms with Crippen molar-refractivity contribution in [1.82, 2.24) is 15.6 Å². The van der Waals surface area contributed by atoms with E-state index in [1.54, 1.807) is 24.9 Å². The molecule has 3 rings (SSSR count). The van der Waals surface area contributed by atoms with Gasteiger partial charge in [-0.05, 0) is 55.0 Å². The maximum absolute atomic E-state index is 13.5. The lowest BCUT2D eigenvalue weighted by Gasteiger charge is -2.36. The molecule has 2 unspecified atom stereocenters. The van der Waals surface area contributed by atoms with Gasteiger partial charge in [0.2, 0.25) is 0 Å². The minimum absolute atomic E-state index is 0.202. The van der Waals surface area contributed by atoms with E-state index in [2.05, 4.69) is 51.5 Å². The van der Waals surface area contributed by atoms with Gasteiger partial charge in [-0.3, -0.25) is 4.99 Å². The molecule has 0 bridgehead atoms. The third kappa shape index (κ3) is 6.83. The van der Waals surface area contributed by atoms with Crippen molar-refractivity contribution in [3.05, 3.63) is 59.0 Å². The van der Waals surface area contributed by atoms with Gasteiger partial charge in [0.05, 0.1) is 12.2 Å². The van der Waals surface area contributed by atoms with E-state index in [1.165, 1.54) is 6.07 Å². The van der Waals surface area contributed by atoms with Crippen molar-refractivity contribution < 1.29 is 9.13 Å². The Bertz CT molecular complexity index is 867. The van der Waals surface area contributed by atoms with Crippen molar-refractivity contribution in [3.63, 3.8) is 0 Å². The highest BCUT2D eigenvalue weighted by atomic mass is 32.2. The summed E-state index contributed by atoms with van der Waals surface area (Å²) in [6.45, 7) is 7.09. The Morgan fingerprint density at radius 2 is 1.90 bits per heavy atom. The first kappa shape index (κ1) is 23.3. The molecule has 1 aromatic heterocycles. The SMILES string of the molecule is CN=C(NCc1ccc(N2CC(C)OC(C)C2)nc1)NCc1ccc(F)cc1CSC. The summed E-state index contributed by atoms with van der Waals surface area (Å²) in [7, 11) is 1.74. The quantitative estimate of drug-likeness (QED) is 0.502. The lowest BCUT2D eigenvalue weighted by molar-refractivity contribution is -0.00545. The molecule has 0 aliphatic carbocycles. The number of guanidine groups is 1. The zero-order valence-corrected chi connectivity index (χ0v) is 19.5. The van der Waals surface area contributed by atoms with E-state index >= 15 is 0 Å². The van der Waals surface area contributed by atoms with Crippen LogP contribution in [0.25, 0.3) is 0 Å². The van der Waals surface area contributed by atoms with Crippen LogP contribution in [0.2, 0.25) is 0 Å². The summed E-state index contributed by atoms with van der Waals surface area (Å²) in [6.07, 6.45) is 4.33. The molecule has 6 nitrogen and oxygen atoms in total. The maximum atomic E-state index is 13.5. The fourth-order valence-corrected chi connectivity index (χ4v) is 4.30. The molecule has 0 amide bonds. The van der Waals surface area contributed by atoms with E-state index in [9.17, 15) is 4.39 Å². The van der Waals surface area contributed by atoms with Crippen molar-refractivity contribution in [1.29, 1.82) is 0 Å². The van der Waals surface area contributed by atoms with E-state index in [1.807, 2.05) is 18.5 Å². The molecule has 1 fully saturated rings. The van der Waals surface area contributed by atoms with E-state index in [-0.39, 0.29) is 18.0 Å². The number of ether oxygens (including phenoxy) is 1. The molecule has 1 aliphatic rings. The Morgan fingerprint density at radius 3 is 2.55 bits per heavy atom. The smallest absolute Gasteiger partial charge is 0.191 e. The number of aliphatic imine (C=N–C) groups is 1. The molecule has 1 saturated heterocycles. The summed E-state index contributed by atoms with van der Waals surface area (Å²) < 4.78 is 19.3. The van der Waals surface area contributed by atoms with Crippen LogP contribution in [0.4, 0.5) is 10.2 Å². The summed E-state index contributed by atoms with van der Waals surface area (Å²) in [4.78, 5) is 11.2. The zero-order valence-electron chi connectivity index (χ0n) is 18.7. The Morgan fingerprint density at radius 1 is 1.16 bits per heavy atom. The van der Waals surface area contributed by atoms with Crippen LogP contribution in [0.3, 0.4) is 0 Å². The number of nitrogens with one attached hydrogen (secondary N) is 2. The molecule has 0 saturated carbocycles. The van der Waals surface area contributed by atoms with Gasteiger partial charge in [0.1, 0.15) is 11.6 Å². The summed E-state index contributed by atoms with van der Waals surface area (Å²) in [5.41, 5.74) is 3.14. The number of nitrogens with zero attached hydrogens (tertiary/aromatic N) is 3. The Hall–Kier alpha value is -2.32. The summed E-state index contributed by atoms with van der Waals surface area (Å²) >= 11 is 1.68. The highest BCUT2D eigenvalue weighted by molar-refractivity contribution is 7.97. The molecule has 2 atom stereocenters. The van der Waals surface area contributed by atoms with Gasteiger partial charge in [-0.15, -0.1) is 0 Å². The molecule has 168 valence electrons. The van der Waals surface area contributed by atoms with Crippen LogP contribution < -0.4 is 15.5 Å². The van der Waals surface area contributed by atoms with Gasteiger partial charge in [0.15, 0.2) is 5.96 Å². The topological polar surface area (TPSA) is 61.8 Å². The van der Waals surface area contributed by atoms with E-state index < -0.39 is 0 Å². The molecule has 0 radical (unpaired) electrons. The number of anilines is 1. The number of hydrogen-bond donors (Lipinski definition) is 2. The molecule has 0 spiro atoms. The zero-order chi connectivity index (χ0) is 22.2. The van der Waals surface area contributed by atoms with Gasteiger partial charge in [-0.1, -0.05) is 12.1 Å². The maximum Gasteiger partial charge on any atom is 0.191 e. The lowest BCUT2D eigenvalue weighted by atomic mass is 10.1. The van der Waals surface area contributed by atoms with E-state index in [0.717, 1.165) is 41.4 Å². The normalized spacial score (nSPS) is 19.4. The molecular formula is C23H32FN5OS. The third-order valence-corrected chi connectivity index (χ3v) is 5.75. The monoisotopic (exact) mass is 445 g/mol. The molecule has 2 N–H and O–H groups in total. The van der Waals surface area contributed by atoms with Gasteiger partial charge < -0.3 is 20.3 Å². The standard InChI is InChI=1S/C23H32FN5OS/c1-16-13-29(14-17(2)30-16)22-8-5-18(10-26-22)11-27-23(25-3)28-12-19-6-7-21(24)9-20(19)15-31-4/h5-10,16-17H,11-15H2,1-4H3,(H2,25,27,28). The van der Waals surface area contributed by atoms with Crippen LogP contribution in [-0.2, 0) is 23.6 Å². The average molecular weight is 446 g/mol. The van der Waals surface area contributed by atoms with Gasteiger partial charge in [0.25, 0.3) is 0 Å². The second kappa shape index (κ2) is 11.3. The molecule has 2 heterocycles. The molecular weight excluding hydrogens is 413 g/mol. The number of hydrogen-bond acceptors (Lipinski definition) is 5. The number of pyridine rings is 1. The fourth-order valence-electron chi connectivity index (χ4n) is 3.72. The molecule has 2 aromatic rings. The van der Waals surface area contributed by atoms with Crippen LogP contribution in [0.1, 0.15) is 30.5 Å². The average Bonchev–Trinajstić information content (AvgIpc) is 2.75. The second-order valence-corrected chi connectivity index (χ2v) is 8.68. The highest BCUT2D eigenvalue weighted by Crippen LogP contribution is 2.19. The number of halogens is 1. The molecule has 1 aromatic carbocycles. The van der Waals surface area contributed by atoms with Crippen LogP contribution in [0.15, 0.2) is 41.5 Å². The number of aromatic nitrogens is 1.